The lowest BCUT2D eigenvalue weighted by molar-refractivity contribution is -0.0936. The first-order valence-electron chi connectivity index (χ1n) is 4.36. The van der Waals surface area contributed by atoms with Crippen LogP contribution in [0, 0.1) is 0 Å². The van der Waals surface area contributed by atoms with E-state index in [1.807, 2.05) is 6.92 Å². The normalized spacial score (nSPS) is 13.5. The Bertz CT molecular complexity index is 161. The van der Waals surface area contributed by atoms with Crippen molar-refractivity contribution in [3.63, 3.8) is 0 Å². The van der Waals surface area contributed by atoms with Crippen molar-refractivity contribution >= 4 is 11.8 Å². The van der Waals surface area contributed by atoms with Crippen molar-refractivity contribution in [2.24, 2.45) is 0 Å². The maximum absolute atomic E-state index is 12.2. The van der Waals surface area contributed by atoms with Gasteiger partial charge in [0.1, 0.15) is 0 Å². The minimum atomic E-state index is -4.14. The van der Waals surface area contributed by atoms with Gasteiger partial charge in [-0.05, 0) is 18.6 Å². The molecule has 4 heteroatoms. The van der Waals surface area contributed by atoms with Crippen LogP contribution in [-0.4, -0.2) is 17.7 Å². The zero-order valence-corrected chi connectivity index (χ0v) is 8.76. The molecule has 78 valence electrons. The van der Waals surface area contributed by atoms with Crippen LogP contribution in [0.2, 0.25) is 0 Å². The zero-order valence-electron chi connectivity index (χ0n) is 7.95. The third-order valence-corrected chi connectivity index (χ3v) is 2.64. The molecular formula is C9H15F3S. The van der Waals surface area contributed by atoms with Crippen LogP contribution in [0.25, 0.3) is 0 Å². The van der Waals surface area contributed by atoms with E-state index < -0.39 is 11.7 Å². The number of alkyl halides is 3. The van der Waals surface area contributed by atoms with E-state index in [-0.39, 0.29) is 6.42 Å². The Morgan fingerprint density at radius 2 is 1.92 bits per heavy atom. The number of rotatable bonds is 5. The van der Waals surface area contributed by atoms with Crippen LogP contribution >= 0.6 is 11.8 Å². The smallest absolute Gasteiger partial charge is 0.166 e. The zero-order chi connectivity index (χ0) is 10.3. The van der Waals surface area contributed by atoms with Crippen LogP contribution in [0.5, 0.6) is 0 Å². The summed E-state index contributed by atoms with van der Waals surface area (Å²) in [5.74, 6) is 1.39. The average Bonchev–Trinajstić information content (AvgIpc) is 2.02. The number of hydrogen-bond donors (Lipinski definition) is 0. The summed E-state index contributed by atoms with van der Waals surface area (Å²) in [5.41, 5.74) is -0.406. The van der Waals surface area contributed by atoms with Gasteiger partial charge in [0.15, 0.2) is 0 Å². The van der Waals surface area contributed by atoms with Gasteiger partial charge in [0.2, 0.25) is 0 Å². The fraction of sp³-hybridized carbons (Fsp3) is 0.778. The maximum Gasteiger partial charge on any atom is 0.412 e. The molecule has 0 nitrogen and oxygen atoms in total. The van der Waals surface area contributed by atoms with Gasteiger partial charge in [0, 0.05) is 11.3 Å². The summed E-state index contributed by atoms with van der Waals surface area (Å²) in [4.78, 5) is 0. The Labute approximate surface area is 81.6 Å². The van der Waals surface area contributed by atoms with Crippen LogP contribution < -0.4 is 0 Å². The molecule has 0 fully saturated rings. The summed E-state index contributed by atoms with van der Waals surface area (Å²) in [6.07, 6.45) is -1.77. The standard InChI is InChI=1S/C9H15F3S/c1-3-6-13-7-5-8(4-2)9(10,11)12/h5H,3-4,6-7H2,1-2H3/b8-5-. The summed E-state index contributed by atoms with van der Waals surface area (Å²) in [6.45, 7) is 3.55. The lowest BCUT2D eigenvalue weighted by atomic mass is 10.2. The topological polar surface area (TPSA) is 0 Å². The minimum absolute atomic E-state index is 0.0657. The van der Waals surface area contributed by atoms with Crippen LogP contribution in [-0.2, 0) is 0 Å². The molecule has 0 aromatic carbocycles. The third-order valence-electron chi connectivity index (χ3n) is 1.54. The quantitative estimate of drug-likeness (QED) is 0.490. The van der Waals surface area contributed by atoms with Crippen molar-refractivity contribution < 1.29 is 13.2 Å². The van der Waals surface area contributed by atoms with E-state index in [9.17, 15) is 13.2 Å². The van der Waals surface area contributed by atoms with Crippen molar-refractivity contribution in [3.8, 4) is 0 Å². The van der Waals surface area contributed by atoms with Gasteiger partial charge < -0.3 is 0 Å². The highest BCUT2D eigenvalue weighted by Crippen LogP contribution is 2.28. The highest BCUT2D eigenvalue weighted by atomic mass is 32.2. The predicted molar refractivity (Wildman–Crippen MR) is 52.0 cm³/mol. The van der Waals surface area contributed by atoms with Crippen LogP contribution in [0.1, 0.15) is 26.7 Å². The molecule has 0 aliphatic rings. The van der Waals surface area contributed by atoms with Gasteiger partial charge in [-0.25, -0.2) is 0 Å². The Morgan fingerprint density at radius 1 is 1.31 bits per heavy atom. The fourth-order valence-corrected chi connectivity index (χ4v) is 1.62. The van der Waals surface area contributed by atoms with E-state index >= 15 is 0 Å². The van der Waals surface area contributed by atoms with E-state index in [1.54, 1.807) is 0 Å². The van der Waals surface area contributed by atoms with Crippen LogP contribution in [0.15, 0.2) is 11.6 Å². The van der Waals surface area contributed by atoms with Crippen molar-refractivity contribution in [2.75, 3.05) is 11.5 Å². The highest BCUT2D eigenvalue weighted by molar-refractivity contribution is 7.99. The van der Waals surface area contributed by atoms with Crippen molar-refractivity contribution in [3.05, 3.63) is 11.6 Å². The number of allylic oxidation sites excluding steroid dienone is 1. The molecule has 0 bridgehead atoms. The molecule has 0 heterocycles. The minimum Gasteiger partial charge on any atom is -0.166 e. The van der Waals surface area contributed by atoms with Gasteiger partial charge in [-0.2, -0.15) is 24.9 Å². The van der Waals surface area contributed by atoms with E-state index in [0.717, 1.165) is 12.2 Å². The highest BCUT2D eigenvalue weighted by Gasteiger charge is 2.31. The summed E-state index contributed by atoms with van der Waals surface area (Å²) in [6, 6.07) is 0. The second kappa shape index (κ2) is 6.35. The van der Waals surface area contributed by atoms with E-state index in [1.165, 1.54) is 24.8 Å². The van der Waals surface area contributed by atoms with E-state index in [4.69, 9.17) is 0 Å². The van der Waals surface area contributed by atoms with Crippen LogP contribution in [0.3, 0.4) is 0 Å². The first-order valence-corrected chi connectivity index (χ1v) is 5.51. The molecule has 0 aliphatic carbocycles. The molecule has 0 rings (SSSR count). The summed E-state index contributed by atoms with van der Waals surface area (Å²) < 4.78 is 36.5. The number of halogens is 3. The molecule has 0 N–H and O–H groups in total. The monoisotopic (exact) mass is 212 g/mol. The van der Waals surface area contributed by atoms with Crippen molar-refractivity contribution in [1.29, 1.82) is 0 Å². The SMILES string of the molecule is CCCSC/C=C(/CC)C(F)(F)F. The molecule has 0 spiro atoms. The predicted octanol–water partition coefficient (Wildman–Crippen LogP) is 4.03. The van der Waals surface area contributed by atoms with Gasteiger partial charge >= 0.3 is 6.18 Å². The molecule has 0 aromatic rings. The lowest BCUT2D eigenvalue weighted by Crippen LogP contribution is -2.11. The first-order chi connectivity index (χ1) is 6.02. The summed E-state index contributed by atoms with van der Waals surface area (Å²) in [7, 11) is 0. The molecule has 0 saturated carbocycles. The van der Waals surface area contributed by atoms with E-state index in [2.05, 4.69) is 0 Å². The Kier molecular flexibility index (Phi) is 6.29. The molecule has 0 saturated heterocycles. The Morgan fingerprint density at radius 3 is 2.31 bits per heavy atom. The molecule has 0 atom stereocenters. The summed E-state index contributed by atoms with van der Waals surface area (Å²) >= 11 is 1.54. The van der Waals surface area contributed by atoms with Crippen molar-refractivity contribution in [2.45, 2.75) is 32.9 Å². The first kappa shape index (κ1) is 12.9. The Balaban J connectivity index is 3.94. The molecule has 0 aromatic heterocycles. The van der Waals surface area contributed by atoms with Gasteiger partial charge in [-0.1, -0.05) is 19.9 Å². The Hall–Kier alpha value is -0.120. The molecule has 0 amide bonds. The molecule has 13 heavy (non-hydrogen) atoms. The molecule has 0 aliphatic heterocycles. The van der Waals surface area contributed by atoms with Crippen molar-refractivity contribution in [1.82, 2.24) is 0 Å². The number of thioether (sulfide) groups is 1. The molecular weight excluding hydrogens is 197 g/mol. The van der Waals surface area contributed by atoms with Gasteiger partial charge in [0.05, 0.1) is 0 Å². The molecule has 0 unspecified atom stereocenters. The maximum atomic E-state index is 12.2. The van der Waals surface area contributed by atoms with Gasteiger partial charge in [0.25, 0.3) is 0 Å². The van der Waals surface area contributed by atoms with Crippen LogP contribution in [0.4, 0.5) is 13.2 Å². The third kappa shape index (κ3) is 6.02. The second-order valence-corrected chi connectivity index (χ2v) is 3.81. The summed E-state index contributed by atoms with van der Waals surface area (Å²) in [5, 5.41) is 0. The fourth-order valence-electron chi connectivity index (χ4n) is 0.848. The number of hydrogen-bond acceptors (Lipinski definition) is 1. The largest absolute Gasteiger partial charge is 0.412 e. The van der Waals surface area contributed by atoms with Gasteiger partial charge in [-0.3, -0.25) is 0 Å². The second-order valence-electron chi connectivity index (χ2n) is 2.66. The average molecular weight is 212 g/mol. The molecule has 0 radical (unpaired) electrons. The lowest BCUT2D eigenvalue weighted by Gasteiger charge is -2.08. The van der Waals surface area contributed by atoms with Gasteiger partial charge in [-0.15, -0.1) is 0 Å². The van der Waals surface area contributed by atoms with E-state index in [0.29, 0.717) is 5.75 Å².